The van der Waals surface area contributed by atoms with Gasteiger partial charge in [0.1, 0.15) is 17.1 Å². The molecule has 20 heavy (non-hydrogen) atoms. The number of hydrogen-bond acceptors (Lipinski definition) is 3. The largest absolute Gasteiger partial charge is 0.465 e. The van der Waals surface area contributed by atoms with Crippen LogP contribution in [-0.4, -0.2) is 22.7 Å². The summed E-state index contributed by atoms with van der Waals surface area (Å²) in [5.41, 5.74) is 2.16. The maximum atomic E-state index is 13.0. The molecule has 3 aromatic rings. The van der Waals surface area contributed by atoms with Gasteiger partial charge in [-0.2, -0.15) is 5.10 Å². The number of halogens is 1. The molecule has 2 aromatic heterocycles. The molecule has 3 rings (SSSR count). The fourth-order valence-corrected chi connectivity index (χ4v) is 2.11. The van der Waals surface area contributed by atoms with Gasteiger partial charge in [0, 0.05) is 11.8 Å². The summed E-state index contributed by atoms with van der Waals surface area (Å²) in [5, 5.41) is 4.37. The van der Waals surface area contributed by atoms with Crippen LogP contribution < -0.4 is 0 Å². The van der Waals surface area contributed by atoms with Crippen LogP contribution in [0, 0.1) is 5.82 Å². The van der Waals surface area contributed by atoms with Gasteiger partial charge in [-0.05, 0) is 36.4 Å². The van der Waals surface area contributed by atoms with E-state index >= 15 is 0 Å². The fourth-order valence-electron chi connectivity index (χ4n) is 2.11. The van der Waals surface area contributed by atoms with Gasteiger partial charge >= 0.3 is 5.97 Å². The van der Waals surface area contributed by atoms with E-state index in [9.17, 15) is 9.18 Å². The lowest BCUT2D eigenvalue weighted by atomic mass is 10.1. The van der Waals surface area contributed by atoms with E-state index in [0.717, 1.165) is 0 Å². The van der Waals surface area contributed by atoms with E-state index in [-0.39, 0.29) is 5.82 Å². The molecule has 5 heteroatoms. The van der Waals surface area contributed by atoms with Crippen molar-refractivity contribution >= 4 is 11.5 Å². The Morgan fingerprint density at radius 3 is 2.65 bits per heavy atom. The third kappa shape index (κ3) is 1.93. The molecule has 0 amide bonds. The van der Waals surface area contributed by atoms with Crippen molar-refractivity contribution in [3.05, 3.63) is 60.0 Å². The molecule has 2 heterocycles. The van der Waals surface area contributed by atoms with Gasteiger partial charge in [0.25, 0.3) is 0 Å². The number of benzene rings is 1. The van der Waals surface area contributed by atoms with Crippen molar-refractivity contribution in [2.75, 3.05) is 7.11 Å². The van der Waals surface area contributed by atoms with Crippen molar-refractivity contribution < 1.29 is 13.9 Å². The number of fused-ring (bicyclic) bond motifs is 1. The molecule has 0 spiro atoms. The highest BCUT2D eigenvalue weighted by molar-refractivity contribution is 6.03. The zero-order valence-electron chi connectivity index (χ0n) is 10.7. The van der Waals surface area contributed by atoms with Crippen molar-refractivity contribution in [1.82, 2.24) is 9.61 Å². The first-order valence-electron chi connectivity index (χ1n) is 6.02. The van der Waals surface area contributed by atoms with Crippen molar-refractivity contribution in [1.29, 1.82) is 0 Å². The number of carbonyl (C=O) groups is 1. The van der Waals surface area contributed by atoms with E-state index in [0.29, 0.717) is 22.3 Å². The van der Waals surface area contributed by atoms with Crippen LogP contribution in [0.1, 0.15) is 10.4 Å². The van der Waals surface area contributed by atoms with Gasteiger partial charge in [-0.3, -0.25) is 0 Å². The molecule has 100 valence electrons. The van der Waals surface area contributed by atoms with Crippen molar-refractivity contribution in [3.63, 3.8) is 0 Å². The van der Waals surface area contributed by atoms with Gasteiger partial charge in [0.15, 0.2) is 0 Å². The molecule has 0 saturated heterocycles. The maximum Gasteiger partial charge on any atom is 0.342 e. The van der Waals surface area contributed by atoms with Gasteiger partial charge in [-0.15, -0.1) is 0 Å². The maximum absolute atomic E-state index is 13.0. The Labute approximate surface area is 114 Å². The number of esters is 1. The fraction of sp³-hybridized carbons (Fsp3) is 0.0667. The standard InChI is InChI=1S/C15H11FN2O2/c1-20-15(19)13-12-4-2-3-9-18(12)17-14(13)10-5-7-11(16)8-6-10/h2-9H,1H3. The van der Waals surface area contributed by atoms with Crippen molar-refractivity contribution in [3.8, 4) is 11.3 Å². The average Bonchev–Trinajstić information content (AvgIpc) is 2.86. The Kier molecular flexibility index (Phi) is 2.95. The Hall–Kier alpha value is -2.69. The van der Waals surface area contributed by atoms with Crippen LogP contribution in [0.4, 0.5) is 4.39 Å². The van der Waals surface area contributed by atoms with Gasteiger partial charge < -0.3 is 4.74 Å². The first-order valence-corrected chi connectivity index (χ1v) is 6.02. The minimum Gasteiger partial charge on any atom is -0.465 e. The topological polar surface area (TPSA) is 43.6 Å². The molecule has 0 aliphatic rings. The SMILES string of the molecule is COC(=O)c1c(-c2ccc(F)cc2)nn2ccccc12. The molecule has 0 unspecified atom stereocenters. The van der Waals surface area contributed by atoms with Gasteiger partial charge in [-0.1, -0.05) is 6.07 Å². The Balaban J connectivity index is 2.29. The molecule has 0 fully saturated rings. The Morgan fingerprint density at radius 2 is 1.95 bits per heavy atom. The predicted molar refractivity (Wildman–Crippen MR) is 71.9 cm³/mol. The third-order valence-electron chi connectivity index (χ3n) is 3.05. The monoisotopic (exact) mass is 270 g/mol. The van der Waals surface area contributed by atoms with Crippen LogP contribution in [0.2, 0.25) is 0 Å². The number of nitrogens with zero attached hydrogens (tertiary/aromatic N) is 2. The molecule has 1 aromatic carbocycles. The zero-order valence-corrected chi connectivity index (χ0v) is 10.7. The van der Waals surface area contributed by atoms with Crippen LogP contribution in [-0.2, 0) is 4.74 Å². The number of methoxy groups -OCH3 is 1. The highest BCUT2D eigenvalue weighted by atomic mass is 19.1. The normalized spacial score (nSPS) is 10.7. The number of ether oxygens (including phenoxy) is 1. The lowest BCUT2D eigenvalue weighted by Gasteiger charge is -2.01. The third-order valence-corrected chi connectivity index (χ3v) is 3.05. The van der Waals surface area contributed by atoms with Crippen LogP contribution in [0.25, 0.3) is 16.8 Å². The molecule has 0 atom stereocenters. The second-order valence-electron chi connectivity index (χ2n) is 4.25. The minimum absolute atomic E-state index is 0.336. The summed E-state index contributed by atoms with van der Waals surface area (Å²) >= 11 is 0. The van der Waals surface area contributed by atoms with Gasteiger partial charge in [-0.25, -0.2) is 13.7 Å². The van der Waals surface area contributed by atoms with E-state index in [2.05, 4.69) is 5.10 Å². The highest BCUT2D eigenvalue weighted by Gasteiger charge is 2.21. The number of carbonyl (C=O) groups excluding carboxylic acids is 1. The van der Waals surface area contributed by atoms with Crippen LogP contribution >= 0.6 is 0 Å². The van der Waals surface area contributed by atoms with Gasteiger partial charge in [0.2, 0.25) is 0 Å². The van der Waals surface area contributed by atoms with E-state index in [1.807, 2.05) is 12.1 Å². The molecule has 0 radical (unpaired) electrons. The number of pyridine rings is 1. The summed E-state index contributed by atoms with van der Waals surface area (Å²) in [7, 11) is 1.32. The molecular formula is C15H11FN2O2. The van der Waals surface area contributed by atoms with Crippen LogP contribution in [0.15, 0.2) is 48.7 Å². The lowest BCUT2D eigenvalue weighted by molar-refractivity contribution is 0.0604. The average molecular weight is 270 g/mol. The summed E-state index contributed by atoms with van der Waals surface area (Å²) < 4.78 is 19.4. The van der Waals surface area contributed by atoms with Crippen molar-refractivity contribution in [2.24, 2.45) is 0 Å². The Bertz CT molecular complexity index is 778. The first-order chi connectivity index (χ1) is 9.70. The molecule has 0 N–H and O–H groups in total. The smallest absolute Gasteiger partial charge is 0.342 e. The molecule has 4 nitrogen and oxygen atoms in total. The zero-order chi connectivity index (χ0) is 14.1. The number of hydrogen-bond donors (Lipinski definition) is 0. The Morgan fingerprint density at radius 1 is 1.20 bits per heavy atom. The molecule has 0 bridgehead atoms. The van der Waals surface area contributed by atoms with Crippen LogP contribution in [0.5, 0.6) is 0 Å². The van der Waals surface area contributed by atoms with E-state index in [4.69, 9.17) is 4.74 Å². The summed E-state index contributed by atoms with van der Waals surface area (Å²) in [6.07, 6.45) is 1.74. The molecule has 0 aliphatic heterocycles. The quantitative estimate of drug-likeness (QED) is 0.672. The highest BCUT2D eigenvalue weighted by Crippen LogP contribution is 2.26. The molecular weight excluding hydrogens is 259 g/mol. The lowest BCUT2D eigenvalue weighted by Crippen LogP contribution is -2.02. The summed E-state index contributed by atoms with van der Waals surface area (Å²) in [6.45, 7) is 0. The predicted octanol–water partition coefficient (Wildman–Crippen LogP) is 2.93. The number of aromatic nitrogens is 2. The molecule has 0 aliphatic carbocycles. The first kappa shape index (κ1) is 12.3. The minimum atomic E-state index is -0.467. The van der Waals surface area contributed by atoms with Crippen LogP contribution in [0.3, 0.4) is 0 Å². The summed E-state index contributed by atoms with van der Waals surface area (Å²) in [6, 6.07) is 11.3. The van der Waals surface area contributed by atoms with E-state index < -0.39 is 5.97 Å². The van der Waals surface area contributed by atoms with Gasteiger partial charge in [0.05, 0.1) is 12.6 Å². The van der Waals surface area contributed by atoms with Crippen molar-refractivity contribution in [2.45, 2.75) is 0 Å². The van der Waals surface area contributed by atoms with E-state index in [1.54, 1.807) is 28.9 Å². The molecule has 0 saturated carbocycles. The summed E-state index contributed by atoms with van der Waals surface area (Å²) in [4.78, 5) is 12.0. The second kappa shape index (κ2) is 4.77. The summed E-state index contributed by atoms with van der Waals surface area (Å²) in [5.74, 6) is -0.803. The number of rotatable bonds is 2. The van der Waals surface area contributed by atoms with E-state index in [1.165, 1.54) is 19.2 Å². The second-order valence-corrected chi connectivity index (χ2v) is 4.25.